The third-order valence-corrected chi connectivity index (χ3v) is 6.64. The quantitative estimate of drug-likeness (QED) is 0.380. The minimum atomic E-state index is -0.590. The highest BCUT2D eigenvalue weighted by atomic mass is 35.5. The summed E-state index contributed by atoms with van der Waals surface area (Å²) in [7, 11) is 0. The van der Waals surface area contributed by atoms with Crippen molar-refractivity contribution in [2.24, 2.45) is 0 Å². The van der Waals surface area contributed by atoms with Gasteiger partial charge < -0.3 is 19.9 Å². The predicted molar refractivity (Wildman–Crippen MR) is 132 cm³/mol. The van der Waals surface area contributed by atoms with Gasteiger partial charge in [-0.15, -0.1) is 0 Å². The van der Waals surface area contributed by atoms with Gasteiger partial charge in [-0.25, -0.2) is 0 Å². The van der Waals surface area contributed by atoms with Gasteiger partial charge in [0.2, 0.25) is 11.8 Å². The number of carbonyl (C=O) groups excluding carboxylic acids is 2. The molecule has 8 heteroatoms. The van der Waals surface area contributed by atoms with E-state index in [0.717, 1.165) is 22.0 Å². The van der Waals surface area contributed by atoms with Gasteiger partial charge in [-0.2, -0.15) is 0 Å². The average Bonchev–Trinajstić information content (AvgIpc) is 3.25. The Kier molecular flexibility index (Phi) is 6.18. The van der Waals surface area contributed by atoms with Gasteiger partial charge in [-0.05, 0) is 41.5 Å². The van der Waals surface area contributed by atoms with Gasteiger partial charge >= 0.3 is 0 Å². The molecule has 1 saturated heterocycles. The summed E-state index contributed by atoms with van der Waals surface area (Å²) in [6.45, 7) is 0.327. The molecule has 5 rings (SSSR count). The standard InChI is InChI=1S/C26H21Cl2N3O3/c27-21-10-9-19(12-22(21)28)34-18-7-5-16(6-8-18)15-31-24(26(33)30-14-25(31)32)11-17-13-29-23-4-2-1-3-20(17)23/h1-10,12-13,24,29H,11,14-15H2,(H,30,33)/t24-/m0/s1. The molecule has 1 aliphatic heterocycles. The lowest BCUT2D eigenvalue weighted by Crippen LogP contribution is -2.58. The molecule has 1 fully saturated rings. The zero-order chi connectivity index (χ0) is 23.7. The molecule has 3 aromatic carbocycles. The van der Waals surface area contributed by atoms with Gasteiger partial charge in [-0.1, -0.05) is 53.5 Å². The molecule has 1 aromatic heterocycles. The molecule has 6 nitrogen and oxygen atoms in total. The summed E-state index contributed by atoms with van der Waals surface area (Å²) in [4.78, 5) is 30.4. The Labute approximate surface area is 206 Å². The van der Waals surface area contributed by atoms with Crippen molar-refractivity contribution in [3.8, 4) is 11.5 Å². The van der Waals surface area contributed by atoms with Gasteiger partial charge in [0, 0.05) is 36.1 Å². The number of para-hydroxylation sites is 1. The van der Waals surface area contributed by atoms with E-state index in [-0.39, 0.29) is 18.4 Å². The summed E-state index contributed by atoms with van der Waals surface area (Å²) in [6, 6.07) is 19.8. The number of hydrogen-bond acceptors (Lipinski definition) is 3. The maximum atomic E-state index is 12.8. The van der Waals surface area contributed by atoms with Gasteiger partial charge in [0.15, 0.2) is 0 Å². The Morgan fingerprint density at radius 3 is 2.50 bits per heavy atom. The number of rotatable bonds is 6. The first kappa shape index (κ1) is 22.3. The van der Waals surface area contributed by atoms with Crippen LogP contribution in [0.1, 0.15) is 11.1 Å². The SMILES string of the molecule is O=C1NCC(=O)N(Cc2ccc(Oc3ccc(Cl)c(Cl)c3)cc2)[C@H]1Cc1c[nH]c2ccccc12. The highest BCUT2D eigenvalue weighted by molar-refractivity contribution is 6.42. The molecular weight excluding hydrogens is 473 g/mol. The molecular formula is C26H21Cl2N3O3. The summed E-state index contributed by atoms with van der Waals surface area (Å²) in [5.41, 5.74) is 2.90. The van der Waals surface area contributed by atoms with E-state index < -0.39 is 6.04 Å². The number of ether oxygens (including phenoxy) is 1. The number of hydrogen-bond donors (Lipinski definition) is 2. The number of piperazine rings is 1. The van der Waals surface area contributed by atoms with E-state index in [1.165, 1.54) is 0 Å². The topological polar surface area (TPSA) is 74.4 Å². The third-order valence-electron chi connectivity index (χ3n) is 5.90. The molecule has 2 N–H and O–H groups in total. The molecule has 0 saturated carbocycles. The van der Waals surface area contributed by atoms with Gasteiger partial charge in [-0.3, -0.25) is 9.59 Å². The molecule has 0 aliphatic carbocycles. The van der Waals surface area contributed by atoms with E-state index in [1.807, 2.05) is 54.7 Å². The molecule has 2 amide bonds. The predicted octanol–water partition coefficient (Wildman–Crippen LogP) is 5.34. The van der Waals surface area contributed by atoms with E-state index in [2.05, 4.69) is 10.3 Å². The molecule has 0 radical (unpaired) electrons. The lowest BCUT2D eigenvalue weighted by Gasteiger charge is -2.35. The van der Waals surface area contributed by atoms with Crippen molar-refractivity contribution in [2.75, 3.05) is 6.54 Å². The molecule has 34 heavy (non-hydrogen) atoms. The fourth-order valence-corrected chi connectivity index (χ4v) is 4.43. The first-order valence-electron chi connectivity index (χ1n) is 10.8. The van der Waals surface area contributed by atoms with E-state index in [9.17, 15) is 9.59 Å². The van der Waals surface area contributed by atoms with E-state index in [1.54, 1.807) is 23.1 Å². The number of aromatic nitrogens is 1. The van der Waals surface area contributed by atoms with Crippen molar-refractivity contribution in [3.63, 3.8) is 0 Å². The Morgan fingerprint density at radius 1 is 0.941 bits per heavy atom. The van der Waals surface area contributed by atoms with Crippen LogP contribution in [-0.4, -0.2) is 34.3 Å². The Morgan fingerprint density at radius 2 is 1.71 bits per heavy atom. The maximum Gasteiger partial charge on any atom is 0.243 e. The molecule has 0 unspecified atom stereocenters. The van der Waals surface area contributed by atoms with Crippen LogP contribution < -0.4 is 10.1 Å². The van der Waals surface area contributed by atoms with Crippen LogP contribution in [0.5, 0.6) is 11.5 Å². The van der Waals surface area contributed by atoms with E-state index >= 15 is 0 Å². The molecule has 0 bridgehead atoms. The second kappa shape index (κ2) is 9.41. The summed E-state index contributed by atoms with van der Waals surface area (Å²) < 4.78 is 5.84. The monoisotopic (exact) mass is 493 g/mol. The van der Waals surface area contributed by atoms with Crippen LogP contribution in [0, 0.1) is 0 Å². The minimum Gasteiger partial charge on any atom is -0.457 e. The van der Waals surface area contributed by atoms with Crippen LogP contribution >= 0.6 is 23.2 Å². The second-order valence-corrected chi connectivity index (χ2v) is 8.96. The van der Waals surface area contributed by atoms with Crippen LogP contribution in [0.15, 0.2) is 72.9 Å². The first-order chi connectivity index (χ1) is 16.5. The van der Waals surface area contributed by atoms with Crippen molar-refractivity contribution in [2.45, 2.75) is 19.0 Å². The molecule has 0 spiro atoms. The third kappa shape index (κ3) is 4.60. The van der Waals surface area contributed by atoms with Gasteiger partial charge in [0.05, 0.1) is 16.6 Å². The zero-order valence-electron chi connectivity index (χ0n) is 18.1. The number of carbonyl (C=O) groups is 2. The summed E-state index contributed by atoms with van der Waals surface area (Å²) in [5, 5.41) is 4.65. The van der Waals surface area contributed by atoms with Crippen LogP contribution in [0.25, 0.3) is 10.9 Å². The van der Waals surface area contributed by atoms with Crippen molar-refractivity contribution in [1.82, 2.24) is 15.2 Å². The number of H-pyrrole nitrogens is 1. The molecule has 2 heterocycles. The van der Waals surface area contributed by atoms with Gasteiger partial charge in [0.1, 0.15) is 17.5 Å². The van der Waals surface area contributed by atoms with Crippen LogP contribution in [0.4, 0.5) is 0 Å². The normalized spacial score (nSPS) is 16.1. The van der Waals surface area contributed by atoms with E-state index in [0.29, 0.717) is 34.5 Å². The Hall–Kier alpha value is -3.48. The first-order valence-corrected chi connectivity index (χ1v) is 11.6. The number of fused-ring (bicyclic) bond motifs is 1. The molecule has 172 valence electrons. The number of halogens is 2. The molecule has 4 aromatic rings. The highest BCUT2D eigenvalue weighted by Gasteiger charge is 2.34. The van der Waals surface area contributed by atoms with Gasteiger partial charge in [0.25, 0.3) is 0 Å². The van der Waals surface area contributed by atoms with Crippen LogP contribution in [0.2, 0.25) is 10.0 Å². The summed E-state index contributed by atoms with van der Waals surface area (Å²) in [6.07, 6.45) is 2.34. The summed E-state index contributed by atoms with van der Waals surface area (Å²) >= 11 is 12.0. The van der Waals surface area contributed by atoms with Crippen LogP contribution in [-0.2, 0) is 22.6 Å². The van der Waals surface area contributed by atoms with E-state index in [4.69, 9.17) is 27.9 Å². The lowest BCUT2D eigenvalue weighted by molar-refractivity contribution is -0.146. The fourth-order valence-electron chi connectivity index (χ4n) is 4.14. The second-order valence-electron chi connectivity index (χ2n) is 8.14. The largest absolute Gasteiger partial charge is 0.457 e. The zero-order valence-corrected chi connectivity index (χ0v) is 19.6. The lowest BCUT2D eigenvalue weighted by atomic mass is 10.0. The van der Waals surface area contributed by atoms with Crippen molar-refractivity contribution < 1.29 is 14.3 Å². The fraction of sp³-hybridized carbons (Fsp3) is 0.154. The van der Waals surface area contributed by atoms with Crippen molar-refractivity contribution in [1.29, 1.82) is 0 Å². The van der Waals surface area contributed by atoms with Crippen molar-refractivity contribution in [3.05, 3.63) is 94.1 Å². The average molecular weight is 494 g/mol. The minimum absolute atomic E-state index is 0.00172. The Balaban J connectivity index is 1.33. The smallest absolute Gasteiger partial charge is 0.243 e. The highest BCUT2D eigenvalue weighted by Crippen LogP contribution is 2.30. The number of amides is 2. The summed E-state index contributed by atoms with van der Waals surface area (Å²) in [5.74, 6) is 0.939. The number of aromatic amines is 1. The molecule has 1 aliphatic rings. The molecule has 1 atom stereocenters. The maximum absolute atomic E-state index is 12.8. The Bertz CT molecular complexity index is 1370. The van der Waals surface area contributed by atoms with Crippen molar-refractivity contribution >= 4 is 45.9 Å². The van der Waals surface area contributed by atoms with Crippen LogP contribution in [0.3, 0.4) is 0 Å². The number of benzene rings is 3. The number of nitrogens with one attached hydrogen (secondary N) is 2. The number of nitrogens with zero attached hydrogens (tertiary/aromatic N) is 1.